The van der Waals surface area contributed by atoms with Crippen LogP contribution in [0.15, 0.2) is 47.4 Å². The van der Waals surface area contributed by atoms with Gasteiger partial charge in [-0.2, -0.15) is 4.31 Å². The first kappa shape index (κ1) is 22.8. The number of anilines is 1. The summed E-state index contributed by atoms with van der Waals surface area (Å²) in [5, 5.41) is 3.45. The van der Waals surface area contributed by atoms with E-state index in [4.69, 9.17) is 27.9 Å². The summed E-state index contributed by atoms with van der Waals surface area (Å²) in [5.41, 5.74) is 0.473. The molecular weight excluding hydrogens is 449 g/mol. The lowest BCUT2D eigenvalue weighted by Crippen LogP contribution is -2.48. The van der Waals surface area contributed by atoms with Gasteiger partial charge in [0.15, 0.2) is 6.61 Å². The fraction of sp³-hybridized carbons (Fsp3) is 0.350. The van der Waals surface area contributed by atoms with E-state index in [0.29, 0.717) is 34.6 Å². The van der Waals surface area contributed by atoms with Crippen LogP contribution in [-0.4, -0.2) is 62.9 Å². The summed E-state index contributed by atoms with van der Waals surface area (Å²) < 4.78 is 32.5. The molecule has 1 amide bonds. The standard InChI is InChI=1S/C20H23Cl2N3O4S/c1-2-24-9-11-25(12-10-24)30(27,28)17-6-4-16(5-7-17)23-20(26)14-29-19-8-3-15(21)13-18(19)22/h3-8,13H,2,9-12,14H2,1H3,(H,23,26). The van der Waals surface area contributed by atoms with Crippen molar-refractivity contribution >= 4 is 44.8 Å². The topological polar surface area (TPSA) is 79.0 Å². The molecule has 0 aromatic heterocycles. The molecule has 3 rings (SSSR count). The summed E-state index contributed by atoms with van der Waals surface area (Å²) in [6, 6.07) is 10.8. The van der Waals surface area contributed by atoms with Gasteiger partial charge in [-0.1, -0.05) is 30.1 Å². The van der Waals surface area contributed by atoms with Gasteiger partial charge in [-0.3, -0.25) is 4.79 Å². The van der Waals surface area contributed by atoms with Crippen molar-refractivity contribution in [1.29, 1.82) is 0 Å². The largest absolute Gasteiger partial charge is 0.482 e. The maximum Gasteiger partial charge on any atom is 0.262 e. The van der Waals surface area contributed by atoms with Crippen LogP contribution in [0.5, 0.6) is 5.75 Å². The summed E-state index contributed by atoms with van der Waals surface area (Å²) in [7, 11) is -3.55. The molecule has 30 heavy (non-hydrogen) atoms. The van der Waals surface area contributed by atoms with Gasteiger partial charge in [-0.15, -0.1) is 0 Å². The van der Waals surface area contributed by atoms with Crippen molar-refractivity contribution in [3.05, 3.63) is 52.5 Å². The number of likely N-dealkylation sites (N-methyl/N-ethyl adjacent to an activating group) is 1. The van der Waals surface area contributed by atoms with E-state index in [-0.39, 0.29) is 11.5 Å². The van der Waals surface area contributed by atoms with Crippen molar-refractivity contribution < 1.29 is 17.9 Å². The molecule has 1 fully saturated rings. The van der Waals surface area contributed by atoms with Crippen LogP contribution in [0.4, 0.5) is 5.69 Å². The lowest BCUT2D eigenvalue weighted by atomic mass is 10.3. The third-order valence-electron chi connectivity index (χ3n) is 4.81. The molecule has 1 saturated heterocycles. The Bertz CT molecular complexity index is 992. The molecule has 10 heteroatoms. The Labute approximate surface area is 186 Å². The highest BCUT2D eigenvalue weighted by molar-refractivity contribution is 7.89. The average Bonchev–Trinajstić information content (AvgIpc) is 2.73. The number of carbonyl (C=O) groups is 1. The summed E-state index contributed by atoms with van der Waals surface area (Å²) in [5.74, 6) is -0.0480. The first-order valence-corrected chi connectivity index (χ1v) is 11.7. The van der Waals surface area contributed by atoms with Crippen LogP contribution in [0.25, 0.3) is 0 Å². The molecule has 1 N–H and O–H groups in total. The molecule has 1 heterocycles. The summed E-state index contributed by atoms with van der Waals surface area (Å²) >= 11 is 11.8. The number of halogens is 2. The van der Waals surface area contributed by atoms with Gasteiger partial charge in [0.05, 0.1) is 9.92 Å². The van der Waals surface area contributed by atoms with Gasteiger partial charge in [-0.05, 0) is 49.0 Å². The fourth-order valence-electron chi connectivity index (χ4n) is 3.08. The number of amides is 1. The van der Waals surface area contributed by atoms with Crippen LogP contribution < -0.4 is 10.1 Å². The monoisotopic (exact) mass is 471 g/mol. The van der Waals surface area contributed by atoms with E-state index < -0.39 is 15.9 Å². The predicted molar refractivity (Wildman–Crippen MR) is 118 cm³/mol. The van der Waals surface area contributed by atoms with Crippen LogP contribution in [-0.2, 0) is 14.8 Å². The number of piperazine rings is 1. The number of nitrogens with zero attached hydrogens (tertiary/aromatic N) is 2. The molecule has 2 aromatic rings. The molecule has 1 aliphatic rings. The highest BCUT2D eigenvalue weighted by atomic mass is 35.5. The first-order chi connectivity index (χ1) is 14.3. The predicted octanol–water partition coefficient (Wildman–Crippen LogP) is 3.34. The third-order valence-corrected chi connectivity index (χ3v) is 7.25. The number of carbonyl (C=O) groups excluding carboxylic acids is 1. The average molecular weight is 472 g/mol. The number of hydrogen-bond acceptors (Lipinski definition) is 5. The van der Waals surface area contributed by atoms with E-state index in [1.54, 1.807) is 24.3 Å². The van der Waals surface area contributed by atoms with Gasteiger partial charge < -0.3 is 15.0 Å². The normalized spacial score (nSPS) is 15.7. The van der Waals surface area contributed by atoms with Crippen molar-refractivity contribution in [1.82, 2.24) is 9.21 Å². The second-order valence-corrected chi connectivity index (χ2v) is 9.56. The molecule has 0 aliphatic carbocycles. The number of hydrogen-bond donors (Lipinski definition) is 1. The second kappa shape index (κ2) is 9.98. The highest BCUT2D eigenvalue weighted by Crippen LogP contribution is 2.27. The molecule has 0 radical (unpaired) electrons. The lowest BCUT2D eigenvalue weighted by molar-refractivity contribution is -0.118. The fourth-order valence-corrected chi connectivity index (χ4v) is 4.96. The number of benzene rings is 2. The van der Waals surface area contributed by atoms with Crippen molar-refractivity contribution in [3.8, 4) is 5.75 Å². The Morgan fingerprint density at radius 2 is 1.73 bits per heavy atom. The van der Waals surface area contributed by atoms with Crippen LogP contribution in [0, 0.1) is 0 Å². The van der Waals surface area contributed by atoms with Gasteiger partial charge in [0.2, 0.25) is 10.0 Å². The molecular formula is C20H23Cl2N3O4S. The molecule has 0 unspecified atom stereocenters. The molecule has 0 bridgehead atoms. The van der Waals surface area contributed by atoms with Crippen LogP contribution in [0.2, 0.25) is 10.0 Å². The van der Waals surface area contributed by atoms with E-state index in [1.807, 2.05) is 0 Å². The second-order valence-electron chi connectivity index (χ2n) is 6.77. The third kappa shape index (κ3) is 5.65. The Kier molecular flexibility index (Phi) is 7.60. The lowest BCUT2D eigenvalue weighted by Gasteiger charge is -2.33. The van der Waals surface area contributed by atoms with Crippen LogP contribution >= 0.6 is 23.2 Å². The van der Waals surface area contributed by atoms with Crippen LogP contribution in [0.3, 0.4) is 0 Å². The zero-order valence-electron chi connectivity index (χ0n) is 16.5. The highest BCUT2D eigenvalue weighted by Gasteiger charge is 2.27. The van der Waals surface area contributed by atoms with E-state index in [9.17, 15) is 13.2 Å². The molecule has 162 valence electrons. The van der Waals surface area contributed by atoms with Gasteiger partial charge in [0.1, 0.15) is 5.75 Å². The molecule has 0 spiro atoms. The molecule has 0 saturated carbocycles. The zero-order valence-corrected chi connectivity index (χ0v) is 18.8. The number of nitrogens with one attached hydrogen (secondary N) is 1. The Hall–Kier alpha value is -1.84. The van der Waals surface area contributed by atoms with Crippen molar-refractivity contribution in [3.63, 3.8) is 0 Å². The zero-order chi connectivity index (χ0) is 21.7. The van der Waals surface area contributed by atoms with E-state index in [0.717, 1.165) is 19.6 Å². The van der Waals surface area contributed by atoms with E-state index in [2.05, 4.69) is 17.1 Å². The molecule has 0 atom stereocenters. The quantitative estimate of drug-likeness (QED) is 0.669. The molecule has 1 aliphatic heterocycles. The van der Waals surface area contributed by atoms with Gasteiger partial charge >= 0.3 is 0 Å². The van der Waals surface area contributed by atoms with E-state index >= 15 is 0 Å². The van der Waals surface area contributed by atoms with Gasteiger partial charge in [0, 0.05) is 36.9 Å². The number of ether oxygens (including phenoxy) is 1. The Balaban J connectivity index is 1.56. The van der Waals surface area contributed by atoms with Crippen molar-refractivity contribution in [2.24, 2.45) is 0 Å². The van der Waals surface area contributed by atoms with Crippen LogP contribution in [0.1, 0.15) is 6.92 Å². The Morgan fingerprint density at radius 1 is 1.07 bits per heavy atom. The van der Waals surface area contributed by atoms with Gasteiger partial charge in [0.25, 0.3) is 5.91 Å². The summed E-state index contributed by atoms with van der Waals surface area (Å²) in [6.45, 7) is 5.12. The first-order valence-electron chi connectivity index (χ1n) is 9.50. The smallest absolute Gasteiger partial charge is 0.262 e. The minimum atomic E-state index is -3.55. The summed E-state index contributed by atoms with van der Waals surface area (Å²) in [4.78, 5) is 14.5. The number of rotatable bonds is 7. The minimum absolute atomic E-state index is 0.203. The SMILES string of the molecule is CCN1CCN(S(=O)(=O)c2ccc(NC(=O)COc3ccc(Cl)cc3Cl)cc2)CC1. The Morgan fingerprint density at radius 3 is 2.33 bits per heavy atom. The maximum atomic E-state index is 12.8. The van der Waals surface area contributed by atoms with Crippen molar-refractivity contribution in [2.75, 3.05) is 44.6 Å². The van der Waals surface area contributed by atoms with Gasteiger partial charge in [-0.25, -0.2) is 8.42 Å². The van der Waals surface area contributed by atoms with E-state index in [1.165, 1.54) is 22.5 Å². The molecule has 7 nitrogen and oxygen atoms in total. The van der Waals surface area contributed by atoms with Crippen molar-refractivity contribution in [2.45, 2.75) is 11.8 Å². The molecule has 2 aromatic carbocycles. The number of sulfonamides is 1. The summed E-state index contributed by atoms with van der Waals surface area (Å²) in [6.07, 6.45) is 0. The minimum Gasteiger partial charge on any atom is -0.482 e. The maximum absolute atomic E-state index is 12.8.